The van der Waals surface area contributed by atoms with Crippen LogP contribution in [0.5, 0.6) is 0 Å². The molecule has 0 amide bonds. The smallest absolute Gasteiger partial charge is 0.262 e. The lowest BCUT2D eigenvalue weighted by Crippen LogP contribution is -2.11. The van der Waals surface area contributed by atoms with E-state index in [1.54, 1.807) is 0 Å². The Balaban J connectivity index is 2.94. The van der Waals surface area contributed by atoms with Gasteiger partial charge in [0.15, 0.2) is 0 Å². The third-order valence-corrected chi connectivity index (χ3v) is 3.09. The molecule has 17 heavy (non-hydrogen) atoms. The Morgan fingerprint density at radius 3 is 2.53 bits per heavy atom. The van der Waals surface area contributed by atoms with Gasteiger partial charge in [-0.3, -0.25) is 9.78 Å². The minimum Gasteiger partial charge on any atom is -0.297 e. The van der Waals surface area contributed by atoms with Crippen molar-refractivity contribution in [2.75, 3.05) is 0 Å². The first kappa shape index (κ1) is 12.6. The molecule has 7 heteroatoms. The zero-order chi connectivity index (χ0) is 12.6. The standard InChI is InChI=1S/C10H8Cl3N3O/c1-2-3-4-6-5(8(12)15-7(4)11)9(17)16-10(13)14-6/h2-3H2,1H3,(H,14,16,17). The molecule has 0 atom stereocenters. The predicted octanol–water partition coefficient (Wildman–Crippen LogP) is 3.23. The van der Waals surface area contributed by atoms with Crippen LogP contribution in [0.1, 0.15) is 18.9 Å². The molecule has 2 aromatic rings. The molecule has 0 radical (unpaired) electrons. The molecule has 0 fully saturated rings. The summed E-state index contributed by atoms with van der Waals surface area (Å²) in [7, 11) is 0. The van der Waals surface area contributed by atoms with E-state index in [0.717, 1.165) is 6.42 Å². The van der Waals surface area contributed by atoms with Crippen LogP contribution in [-0.2, 0) is 6.42 Å². The second-order valence-electron chi connectivity index (χ2n) is 3.50. The van der Waals surface area contributed by atoms with Gasteiger partial charge in [0, 0.05) is 5.56 Å². The molecule has 0 bridgehead atoms. The summed E-state index contributed by atoms with van der Waals surface area (Å²) in [5.41, 5.74) is 0.707. The summed E-state index contributed by atoms with van der Waals surface area (Å²) in [6.07, 6.45) is 1.51. The number of pyridine rings is 1. The molecule has 4 nitrogen and oxygen atoms in total. The fourth-order valence-electron chi connectivity index (χ4n) is 1.63. The number of nitrogens with one attached hydrogen (secondary N) is 1. The zero-order valence-electron chi connectivity index (χ0n) is 8.85. The highest BCUT2D eigenvalue weighted by molar-refractivity contribution is 6.37. The molecule has 0 spiro atoms. The molecule has 0 unspecified atom stereocenters. The number of hydrogen-bond donors (Lipinski definition) is 1. The first-order chi connectivity index (χ1) is 8.04. The third-order valence-electron chi connectivity index (χ3n) is 2.33. The molecule has 0 saturated carbocycles. The van der Waals surface area contributed by atoms with Crippen LogP contribution in [-0.4, -0.2) is 15.0 Å². The number of nitrogens with zero attached hydrogens (tertiary/aromatic N) is 2. The van der Waals surface area contributed by atoms with Gasteiger partial charge in [0.1, 0.15) is 15.7 Å². The van der Waals surface area contributed by atoms with Crippen molar-refractivity contribution < 1.29 is 0 Å². The number of fused-ring (bicyclic) bond motifs is 1. The Morgan fingerprint density at radius 2 is 1.88 bits per heavy atom. The van der Waals surface area contributed by atoms with Crippen molar-refractivity contribution in [1.82, 2.24) is 15.0 Å². The average molecular weight is 293 g/mol. The molecule has 0 aromatic carbocycles. The van der Waals surface area contributed by atoms with Crippen LogP contribution in [0.25, 0.3) is 10.9 Å². The summed E-state index contributed by atoms with van der Waals surface area (Å²) in [4.78, 5) is 22.1. The van der Waals surface area contributed by atoms with Gasteiger partial charge < -0.3 is 0 Å². The summed E-state index contributed by atoms with van der Waals surface area (Å²) in [5, 5.41) is 0.538. The topological polar surface area (TPSA) is 58.6 Å². The van der Waals surface area contributed by atoms with Gasteiger partial charge in [-0.1, -0.05) is 36.5 Å². The number of hydrogen-bond acceptors (Lipinski definition) is 3. The summed E-state index contributed by atoms with van der Waals surface area (Å²) in [6, 6.07) is 0. The Hall–Kier alpha value is -0.840. The highest BCUT2D eigenvalue weighted by Gasteiger charge is 2.15. The van der Waals surface area contributed by atoms with E-state index in [4.69, 9.17) is 34.8 Å². The van der Waals surface area contributed by atoms with Crippen molar-refractivity contribution >= 4 is 45.7 Å². The predicted molar refractivity (Wildman–Crippen MR) is 69.2 cm³/mol. The van der Waals surface area contributed by atoms with Crippen LogP contribution in [0, 0.1) is 0 Å². The molecule has 1 N–H and O–H groups in total. The third kappa shape index (κ3) is 2.25. The van der Waals surface area contributed by atoms with E-state index in [2.05, 4.69) is 15.0 Å². The largest absolute Gasteiger partial charge is 0.297 e. The Labute approximate surface area is 112 Å². The number of aromatic nitrogens is 3. The SMILES string of the molecule is CCCc1c(Cl)nc(Cl)c2c(=O)[nH]c(Cl)nc12. The van der Waals surface area contributed by atoms with Gasteiger partial charge in [-0.15, -0.1) is 0 Å². The van der Waals surface area contributed by atoms with Crippen LogP contribution in [0.15, 0.2) is 4.79 Å². The van der Waals surface area contributed by atoms with E-state index in [9.17, 15) is 4.79 Å². The van der Waals surface area contributed by atoms with Gasteiger partial charge in [-0.2, -0.15) is 0 Å². The fraction of sp³-hybridized carbons (Fsp3) is 0.300. The Morgan fingerprint density at radius 1 is 1.18 bits per heavy atom. The molecule has 2 heterocycles. The second-order valence-corrected chi connectivity index (χ2v) is 4.58. The summed E-state index contributed by atoms with van der Waals surface area (Å²) >= 11 is 17.6. The van der Waals surface area contributed by atoms with E-state index in [1.807, 2.05) is 6.92 Å². The van der Waals surface area contributed by atoms with Crippen molar-refractivity contribution in [2.24, 2.45) is 0 Å². The molecule has 0 aliphatic rings. The minimum absolute atomic E-state index is 0.0122. The number of aromatic amines is 1. The first-order valence-corrected chi connectivity index (χ1v) is 6.11. The van der Waals surface area contributed by atoms with Crippen molar-refractivity contribution in [3.63, 3.8) is 0 Å². The highest BCUT2D eigenvalue weighted by Crippen LogP contribution is 2.27. The minimum atomic E-state index is -0.411. The van der Waals surface area contributed by atoms with Crippen LogP contribution in [0.4, 0.5) is 0 Å². The highest BCUT2D eigenvalue weighted by atomic mass is 35.5. The van der Waals surface area contributed by atoms with Crippen LogP contribution >= 0.6 is 34.8 Å². The maximum atomic E-state index is 11.7. The Kier molecular flexibility index (Phi) is 3.56. The maximum absolute atomic E-state index is 11.7. The normalized spacial score (nSPS) is 11.1. The first-order valence-electron chi connectivity index (χ1n) is 4.98. The van der Waals surface area contributed by atoms with Crippen molar-refractivity contribution in [3.05, 3.63) is 31.5 Å². The molecule has 2 aromatic heterocycles. The molecular formula is C10H8Cl3N3O. The second kappa shape index (κ2) is 4.80. The Bertz CT molecular complexity index is 639. The zero-order valence-corrected chi connectivity index (χ0v) is 11.1. The lowest BCUT2D eigenvalue weighted by Gasteiger charge is -2.07. The number of halogens is 3. The van der Waals surface area contributed by atoms with Crippen molar-refractivity contribution in [1.29, 1.82) is 0 Å². The van der Waals surface area contributed by atoms with E-state index in [1.165, 1.54) is 0 Å². The molecule has 0 saturated heterocycles. The quantitative estimate of drug-likeness (QED) is 0.683. The van der Waals surface area contributed by atoms with Gasteiger partial charge in [0.2, 0.25) is 5.28 Å². The van der Waals surface area contributed by atoms with Gasteiger partial charge in [-0.25, -0.2) is 9.97 Å². The summed E-state index contributed by atoms with van der Waals surface area (Å²) in [5.74, 6) is 0. The van der Waals surface area contributed by atoms with Crippen molar-refractivity contribution in [3.8, 4) is 0 Å². The summed E-state index contributed by atoms with van der Waals surface area (Å²) < 4.78 is 0. The van der Waals surface area contributed by atoms with E-state index >= 15 is 0 Å². The van der Waals surface area contributed by atoms with Gasteiger partial charge >= 0.3 is 0 Å². The van der Waals surface area contributed by atoms with Crippen LogP contribution < -0.4 is 5.56 Å². The van der Waals surface area contributed by atoms with E-state index in [-0.39, 0.29) is 21.0 Å². The maximum Gasteiger partial charge on any atom is 0.262 e. The summed E-state index contributed by atoms with van der Waals surface area (Å²) in [6.45, 7) is 1.99. The lowest BCUT2D eigenvalue weighted by atomic mass is 10.1. The number of H-pyrrole nitrogens is 1. The van der Waals surface area contributed by atoms with E-state index in [0.29, 0.717) is 17.5 Å². The van der Waals surface area contributed by atoms with Crippen LogP contribution in [0.3, 0.4) is 0 Å². The molecule has 90 valence electrons. The molecule has 2 rings (SSSR count). The number of rotatable bonds is 2. The van der Waals surface area contributed by atoms with Gasteiger partial charge in [0.05, 0.1) is 5.52 Å². The molecular weight excluding hydrogens is 284 g/mol. The monoisotopic (exact) mass is 291 g/mol. The average Bonchev–Trinajstić information content (AvgIpc) is 2.22. The lowest BCUT2D eigenvalue weighted by molar-refractivity contribution is 0.917. The van der Waals surface area contributed by atoms with E-state index < -0.39 is 5.56 Å². The molecule has 0 aliphatic carbocycles. The number of aryl methyl sites for hydroxylation is 1. The fourth-order valence-corrected chi connectivity index (χ4v) is 2.38. The molecule has 0 aliphatic heterocycles. The van der Waals surface area contributed by atoms with Crippen LogP contribution in [0.2, 0.25) is 15.6 Å². The van der Waals surface area contributed by atoms with Gasteiger partial charge in [0.25, 0.3) is 5.56 Å². The van der Waals surface area contributed by atoms with Gasteiger partial charge in [-0.05, 0) is 18.0 Å². The van der Waals surface area contributed by atoms with Crippen molar-refractivity contribution in [2.45, 2.75) is 19.8 Å².